The van der Waals surface area contributed by atoms with E-state index in [0.29, 0.717) is 30.0 Å². The number of aliphatic hydroxyl groups is 1. The number of rotatable bonds is 8. The molecular formula is C21H24N2O4. The number of ether oxygens (including phenoxy) is 1. The summed E-state index contributed by atoms with van der Waals surface area (Å²) in [7, 11) is 0. The standard InChI is InChI=1S/C21H24N2O4/c24-19(15-22-20(25)11-13-23-12-5-10-21(23)26)16-6-4-9-18(14-16)27-17-7-2-1-3-8-17/h1-4,6-9,14,19,24H,5,10-13,15H2,(H,22,25)/t19-/m0/s1. The fourth-order valence-electron chi connectivity index (χ4n) is 3.00. The lowest BCUT2D eigenvalue weighted by Crippen LogP contribution is -2.33. The SMILES string of the molecule is O=C(CCN1CCCC1=O)NC[C@H](O)c1cccc(Oc2ccccc2)c1. The molecule has 1 aliphatic rings. The third kappa shape index (κ3) is 5.56. The van der Waals surface area contributed by atoms with Crippen LogP contribution in [0.2, 0.25) is 0 Å². The topological polar surface area (TPSA) is 78.9 Å². The molecule has 0 radical (unpaired) electrons. The molecular weight excluding hydrogens is 344 g/mol. The van der Waals surface area contributed by atoms with E-state index in [1.165, 1.54) is 0 Å². The molecule has 0 aliphatic carbocycles. The van der Waals surface area contributed by atoms with Crippen LogP contribution in [-0.2, 0) is 9.59 Å². The molecule has 1 heterocycles. The van der Waals surface area contributed by atoms with Crippen LogP contribution < -0.4 is 10.1 Å². The molecule has 6 nitrogen and oxygen atoms in total. The van der Waals surface area contributed by atoms with E-state index >= 15 is 0 Å². The quantitative estimate of drug-likeness (QED) is 0.751. The van der Waals surface area contributed by atoms with Crippen LogP contribution in [0.3, 0.4) is 0 Å². The summed E-state index contributed by atoms with van der Waals surface area (Å²) in [6.07, 6.45) is 0.847. The van der Waals surface area contributed by atoms with Gasteiger partial charge in [-0.1, -0.05) is 30.3 Å². The van der Waals surface area contributed by atoms with Crippen LogP contribution in [0.4, 0.5) is 0 Å². The highest BCUT2D eigenvalue weighted by molar-refractivity contribution is 5.80. The summed E-state index contributed by atoms with van der Waals surface area (Å²) in [6.45, 7) is 1.27. The maximum atomic E-state index is 12.0. The number of likely N-dealkylation sites (tertiary alicyclic amines) is 1. The molecule has 0 spiro atoms. The van der Waals surface area contributed by atoms with Crippen molar-refractivity contribution in [2.24, 2.45) is 0 Å². The van der Waals surface area contributed by atoms with Crippen molar-refractivity contribution in [3.63, 3.8) is 0 Å². The first-order valence-electron chi connectivity index (χ1n) is 9.17. The highest BCUT2D eigenvalue weighted by atomic mass is 16.5. The van der Waals surface area contributed by atoms with Gasteiger partial charge in [0.2, 0.25) is 11.8 Å². The number of amides is 2. The lowest BCUT2D eigenvalue weighted by Gasteiger charge is -2.16. The van der Waals surface area contributed by atoms with E-state index in [1.807, 2.05) is 36.4 Å². The summed E-state index contributed by atoms with van der Waals surface area (Å²) < 4.78 is 5.76. The second-order valence-electron chi connectivity index (χ2n) is 6.54. The molecule has 1 aliphatic heterocycles. The number of hydrogen-bond donors (Lipinski definition) is 2. The minimum atomic E-state index is -0.832. The molecule has 1 atom stereocenters. The minimum Gasteiger partial charge on any atom is -0.457 e. The fourth-order valence-corrected chi connectivity index (χ4v) is 3.00. The van der Waals surface area contributed by atoms with Crippen LogP contribution in [0.5, 0.6) is 11.5 Å². The molecule has 3 rings (SSSR count). The summed E-state index contributed by atoms with van der Waals surface area (Å²) >= 11 is 0. The largest absolute Gasteiger partial charge is 0.457 e. The average molecular weight is 368 g/mol. The Morgan fingerprint density at radius 2 is 1.93 bits per heavy atom. The third-order valence-electron chi connectivity index (χ3n) is 4.49. The minimum absolute atomic E-state index is 0.109. The zero-order valence-electron chi connectivity index (χ0n) is 15.1. The lowest BCUT2D eigenvalue weighted by atomic mass is 10.1. The fraction of sp³-hybridized carbons (Fsp3) is 0.333. The van der Waals surface area contributed by atoms with Crippen molar-refractivity contribution in [2.75, 3.05) is 19.6 Å². The summed E-state index contributed by atoms with van der Waals surface area (Å²) in [4.78, 5) is 25.2. The van der Waals surface area contributed by atoms with Crippen LogP contribution in [0.1, 0.15) is 30.9 Å². The van der Waals surface area contributed by atoms with Gasteiger partial charge in [0.05, 0.1) is 6.10 Å². The molecule has 1 saturated heterocycles. The number of para-hydroxylation sites is 1. The molecule has 27 heavy (non-hydrogen) atoms. The molecule has 6 heteroatoms. The smallest absolute Gasteiger partial charge is 0.222 e. The molecule has 142 valence electrons. The number of carbonyl (C=O) groups is 2. The van der Waals surface area contributed by atoms with E-state index in [-0.39, 0.29) is 24.8 Å². The van der Waals surface area contributed by atoms with Crippen molar-refractivity contribution in [3.05, 3.63) is 60.2 Å². The second kappa shape index (κ2) is 9.19. The molecule has 2 N–H and O–H groups in total. The van der Waals surface area contributed by atoms with Gasteiger partial charge < -0.3 is 20.1 Å². The highest BCUT2D eigenvalue weighted by Gasteiger charge is 2.20. The van der Waals surface area contributed by atoms with Gasteiger partial charge in [-0.15, -0.1) is 0 Å². The molecule has 0 unspecified atom stereocenters. The van der Waals surface area contributed by atoms with Crippen LogP contribution >= 0.6 is 0 Å². The summed E-state index contributed by atoms with van der Waals surface area (Å²) in [6, 6.07) is 16.6. The third-order valence-corrected chi connectivity index (χ3v) is 4.49. The average Bonchev–Trinajstić information content (AvgIpc) is 3.10. The van der Waals surface area contributed by atoms with Gasteiger partial charge in [0.25, 0.3) is 0 Å². The zero-order valence-corrected chi connectivity index (χ0v) is 15.1. The van der Waals surface area contributed by atoms with Crippen molar-refractivity contribution < 1.29 is 19.4 Å². The van der Waals surface area contributed by atoms with Crippen molar-refractivity contribution in [3.8, 4) is 11.5 Å². The first-order valence-corrected chi connectivity index (χ1v) is 9.17. The van der Waals surface area contributed by atoms with Gasteiger partial charge in [0.15, 0.2) is 0 Å². The molecule has 2 amide bonds. The predicted molar refractivity (Wildman–Crippen MR) is 101 cm³/mol. The van der Waals surface area contributed by atoms with Crippen LogP contribution in [-0.4, -0.2) is 41.5 Å². The molecule has 0 bridgehead atoms. The first kappa shape index (κ1) is 18.9. The van der Waals surface area contributed by atoms with Crippen molar-refractivity contribution in [2.45, 2.75) is 25.4 Å². The van der Waals surface area contributed by atoms with E-state index in [9.17, 15) is 14.7 Å². The first-order chi connectivity index (χ1) is 13.1. The Morgan fingerprint density at radius 1 is 1.15 bits per heavy atom. The van der Waals surface area contributed by atoms with Crippen molar-refractivity contribution in [1.82, 2.24) is 10.2 Å². The Labute approximate surface area is 158 Å². The Bertz CT molecular complexity index is 779. The van der Waals surface area contributed by atoms with Gasteiger partial charge in [-0.05, 0) is 36.2 Å². The maximum Gasteiger partial charge on any atom is 0.222 e. The Balaban J connectivity index is 1.47. The van der Waals surface area contributed by atoms with Gasteiger partial charge >= 0.3 is 0 Å². The van der Waals surface area contributed by atoms with Crippen molar-refractivity contribution in [1.29, 1.82) is 0 Å². The summed E-state index contributed by atoms with van der Waals surface area (Å²) in [5.41, 5.74) is 0.665. The number of carbonyl (C=O) groups excluding carboxylic acids is 2. The predicted octanol–water partition coefficient (Wildman–Crippen LogP) is 2.64. The summed E-state index contributed by atoms with van der Waals surface area (Å²) in [5.74, 6) is 1.27. The van der Waals surface area contributed by atoms with Gasteiger partial charge in [0.1, 0.15) is 11.5 Å². The Kier molecular flexibility index (Phi) is 6.44. The van der Waals surface area contributed by atoms with E-state index in [2.05, 4.69) is 5.32 Å². The van der Waals surface area contributed by atoms with E-state index in [0.717, 1.165) is 13.0 Å². The van der Waals surface area contributed by atoms with Crippen molar-refractivity contribution >= 4 is 11.8 Å². The maximum absolute atomic E-state index is 12.0. The zero-order chi connectivity index (χ0) is 19.1. The molecule has 0 saturated carbocycles. The number of nitrogens with one attached hydrogen (secondary N) is 1. The normalized spacial score (nSPS) is 14.9. The Hall–Kier alpha value is -2.86. The number of hydrogen-bond acceptors (Lipinski definition) is 4. The van der Waals surface area contributed by atoms with Crippen LogP contribution in [0.25, 0.3) is 0 Å². The van der Waals surface area contributed by atoms with Crippen LogP contribution in [0.15, 0.2) is 54.6 Å². The lowest BCUT2D eigenvalue weighted by molar-refractivity contribution is -0.128. The van der Waals surface area contributed by atoms with Crippen LogP contribution in [0, 0.1) is 0 Å². The van der Waals surface area contributed by atoms with E-state index in [1.54, 1.807) is 23.1 Å². The van der Waals surface area contributed by atoms with Gasteiger partial charge in [0, 0.05) is 32.5 Å². The second-order valence-corrected chi connectivity index (χ2v) is 6.54. The number of nitrogens with zero attached hydrogens (tertiary/aromatic N) is 1. The Morgan fingerprint density at radius 3 is 2.67 bits per heavy atom. The number of benzene rings is 2. The molecule has 2 aromatic carbocycles. The van der Waals surface area contributed by atoms with E-state index in [4.69, 9.17) is 4.74 Å². The molecule has 2 aromatic rings. The van der Waals surface area contributed by atoms with Gasteiger partial charge in [-0.25, -0.2) is 0 Å². The highest BCUT2D eigenvalue weighted by Crippen LogP contribution is 2.24. The van der Waals surface area contributed by atoms with Gasteiger partial charge in [-0.2, -0.15) is 0 Å². The molecule has 1 fully saturated rings. The van der Waals surface area contributed by atoms with E-state index < -0.39 is 6.10 Å². The number of aliphatic hydroxyl groups excluding tert-OH is 1. The monoisotopic (exact) mass is 368 g/mol. The van der Waals surface area contributed by atoms with Gasteiger partial charge in [-0.3, -0.25) is 9.59 Å². The summed E-state index contributed by atoms with van der Waals surface area (Å²) in [5, 5.41) is 13.1. The molecule has 0 aromatic heterocycles.